The first kappa shape index (κ1) is 17.7. The van der Waals surface area contributed by atoms with E-state index >= 15 is 0 Å². The first-order valence-electron chi connectivity index (χ1n) is 7.51. The first-order chi connectivity index (χ1) is 12.0. The van der Waals surface area contributed by atoms with Gasteiger partial charge in [-0.15, -0.1) is 0 Å². The summed E-state index contributed by atoms with van der Waals surface area (Å²) in [5.74, 6) is 0.640. The normalized spacial score (nSPS) is 10.7. The smallest absolute Gasteiger partial charge is 0.172 e. The molecule has 0 saturated carbocycles. The molecule has 0 amide bonds. The van der Waals surface area contributed by atoms with E-state index in [0.29, 0.717) is 34.1 Å². The maximum atomic E-state index is 6.19. The van der Waals surface area contributed by atoms with Gasteiger partial charge in [0.1, 0.15) is 0 Å². The van der Waals surface area contributed by atoms with Crippen LogP contribution in [-0.4, -0.2) is 24.7 Å². The predicted octanol–water partition coefficient (Wildman–Crippen LogP) is 3.46. The van der Waals surface area contributed by atoms with Gasteiger partial charge < -0.3 is 10.6 Å². The molecule has 3 aromatic rings. The largest absolute Gasteiger partial charge is 0.357 e. The van der Waals surface area contributed by atoms with Gasteiger partial charge in [-0.05, 0) is 30.4 Å². The van der Waals surface area contributed by atoms with Crippen LogP contribution in [-0.2, 0) is 20.1 Å². The highest BCUT2D eigenvalue weighted by Crippen LogP contribution is 2.25. The molecule has 0 saturated heterocycles. The van der Waals surface area contributed by atoms with Crippen molar-refractivity contribution >= 4 is 46.4 Å². The Bertz CT molecular complexity index is 868. The Morgan fingerprint density at radius 1 is 1.12 bits per heavy atom. The minimum atomic E-state index is 0.478. The van der Waals surface area contributed by atoms with Gasteiger partial charge >= 0.3 is 0 Å². The Labute approximate surface area is 160 Å². The maximum Gasteiger partial charge on any atom is 0.172 e. The first-order valence-corrected chi connectivity index (χ1v) is 8.67. The Balaban J connectivity index is 1.57. The predicted molar refractivity (Wildman–Crippen MR) is 104 cm³/mol. The van der Waals surface area contributed by atoms with Crippen LogP contribution >= 0.6 is 35.4 Å². The van der Waals surface area contributed by atoms with E-state index in [1.165, 1.54) is 0 Å². The number of nitrogens with one attached hydrogen (secondary N) is 2. The second-order valence-corrected chi connectivity index (χ2v) is 6.61. The molecule has 0 radical (unpaired) electrons. The summed E-state index contributed by atoms with van der Waals surface area (Å²) < 4.78 is 3.49. The summed E-state index contributed by atoms with van der Waals surface area (Å²) in [5.41, 5.74) is 1.74. The van der Waals surface area contributed by atoms with Crippen molar-refractivity contribution in [3.05, 3.63) is 64.0 Å². The van der Waals surface area contributed by atoms with E-state index in [0.717, 1.165) is 11.3 Å². The lowest BCUT2D eigenvalue weighted by Crippen LogP contribution is -2.28. The fraction of sp³-hybridized carbons (Fsp3) is 0.188. The van der Waals surface area contributed by atoms with Crippen LogP contribution in [0.25, 0.3) is 0 Å². The second kappa shape index (κ2) is 7.86. The van der Waals surface area contributed by atoms with Crippen LogP contribution in [0.3, 0.4) is 0 Å². The van der Waals surface area contributed by atoms with Crippen molar-refractivity contribution in [2.24, 2.45) is 7.05 Å². The van der Waals surface area contributed by atoms with Crippen molar-refractivity contribution in [2.45, 2.75) is 13.1 Å². The molecular weight excluding hydrogens is 379 g/mol. The molecule has 0 aliphatic carbocycles. The van der Waals surface area contributed by atoms with E-state index in [1.54, 1.807) is 9.36 Å². The van der Waals surface area contributed by atoms with Gasteiger partial charge in [0, 0.05) is 41.1 Å². The topological polar surface area (TPSA) is 59.7 Å². The summed E-state index contributed by atoms with van der Waals surface area (Å²) in [4.78, 5) is 0. The monoisotopic (exact) mass is 394 g/mol. The summed E-state index contributed by atoms with van der Waals surface area (Å²) in [6, 6.07) is 9.19. The molecule has 0 fully saturated rings. The fourth-order valence-corrected chi connectivity index (χ4v) is 2.94. The molecule has 130 valence electrons. The summed E-state index contributed by atoms with van der Waals surface area (Å²) in [6.07, 6.45) is 3.72. The average molecular weight is 395 g/mol. The van der Waals surface area contributed by atoms with E-state index in [9.17, 15) is 0 Å². The van der Waals surface area contributed by atoms with Gasteiger partial charge in [-0.2, -0.15) is 10.2 Å². The van der Waals surface area contributed by atoms with Crippen molar-refractivity contribution in [3.63, 3.8) is 0 Å². The third-order valence-electron chi connectivity index (χ3n) is 3.46. The van der Waals surface area contributed by atoms with Crippen molar-refractivity contribution in [1.82, 2.24) is 24.9 Å². The molecule has 6 nitrogen and oxygen atoms in total. The fourth-order valence-electron chi connectivity index (χ4n) is 2.25. The lowest BCUT2D eigenvalue weighted by Gasteiger charge is -2.08. The Hall–Kier alpha value is -2.09. The van der Waals surface area contributed by atoms with Crippen molar-refractivity contribution in [2.75, 3.05) is 5.32 Å². The molecule has 0 atom stereocenters. The molecule has 0 unspecified atom stereocenters. The van der Waals surface area contributed by atoms with Crippen LogP contribution < -0.4 is 10.6 Å². The second-order valence-electron chi connectivity index (χ2n) is 5.39. The lowest BCUT2D eigenvalue weighted by molar-refractivity contribution is 0.690. The van der Waals surface area contributed by atoms with Gasteiger partial charge in [0.05, 0.1) is 18.8 Å². The molecule has 2 N–H and O–H groups in total. The van der Waals surface area contributed by atoms with Crippen molar-refractivity contribution < 1.29 is 0 Å². The Kier molecular flexibility index (Phi) is 5.57. The van der Waals surface area contributed by atoms with Gasteiger partial charge in [-0.25, -0.2) is 0 Å². The number of thiocarbonyl (C=S) groups is 1. The molecule has 2 aromatic heterocycles. The third-order valence-corrected chi connectivity index (χ3v) is 4.42. The zero-order valence-electron chi connectivity index (χ0n) is 13.4. The van der Waals surface area contributed by atoms with Crippen LogP contribution in [0, 0.1) is 0 Å². The minimum Gasteiger partial charge on any atom is -0.357 e. The Morgan fingerprint density at radius 3 is 2.56 bits per heavy atom. The molecule has 0 bridgehead atoms. The number of anilines is 1. The molecule has 0 spiro atoms. The van der Waals surface area contributed by atoms with Gasteiger partial charge in [-0.1, -0.05) is 29.3 Å². The van der Waals surface area contributed by atoms with E-state index in [-0.39, 0.29) is 0 Å². The number of aryl methyl sites for hydroxylation is 1. The van der Waals surface area contributed by atoms with E-state index in [1.807, 2.05) is 49.8 Å². The van der Waals surface area contributed by atoms with Crippen LogP contribution in [0.2, 0.25) is 10.0 Å². The number of rotatable bonds is 5. The van der Waals surface area contributed by atoms with E-state index in [4.69, 9.17) is 35.4 Å². The molecule has 0 aliphatic heterocycles. The van der Waals surface area contributed by atoms with Crippen LogP contribution in [0.5, 0.6) is 0 Å². The number of benzene rings is 1. The molecule has 1 aromatic carbocycles. The van der Waals surface area contributed by atoms with Crippen molar-refractivity contribution in [1.29, 1.82) is 0 Å². The quantitative estimate of drug-likeness (QED) is 0.648. The highest BCUT2D eigenvalue weighted by atomic mass is 35.5. The summed E-state index contributed by atoms with van der Waals surface area (Å²) in [5, 5.41) is 16.6. The SMILES string of the molecule is Cn1ccc(CNC(=S)Nc2ccn(Cc3c(Cl)cccc3Cl)n2)n1. The standard InChI is InChI=1S/C16H16Cl2N6S/c1-23-7-5-11(21-23)9-19-16(25)20-15-6-8-24(22-15)10-12-13(17)3-2-4-14(12)18/h2-8H,9-10H2,1H3,(H2,19,20,22,25). The van der Waals surface area contributed by atoms with Crippen LogP contribution in [0.4, 0.5) is 5.82 Å². The number of nitrogens with zero attached hydrogens (tertiary/aromatic N) is 4. The molecule has 25 heavy (non-hydrogen) atoms. The zero-order chi connectivity index (χ0) is 17.8. The average Bonchev–Trinajstić information content (AvgIpc) is 3.18. The molecule has 0 aliphatic rings. The number of hydrogen-bond acceptors (Lipinski definition) is 3. The van der Waals surface area contributed by atoms with E-state index in [2.05, 4.69) is 20.8 Å². The highest BCUT2D eigenvalue weighted by molar-refractivity contribution is 7.80. The van der Waals surface area contributed by atoms with Gasteiger partial charge in [-0.3, -0.25) is 9.36 Å². The van der Waals surface area contributed by atoms with Crippen molar-refractivity contribution in [3.8, 4) is 0 Å². The van der Waals surface area contributed by atoms with E-state index < -0.39 is 0 Å². The van der Waals surface area contributed by atoms with Gasteiger partial charge in [0.15, 0.2) is 10.9 Å². The molecule has 9 heteroatoms. The Morgan fingerprint density at radius 2 is 1.88 bits per heavy atom. The minimum absolute atomic E-state index is 0.478. The lowest BCUT2D eigenvalue weighted by atomic mass is 10.2. The van der Waals surface area contributed by atoms with Gasteiger partial charge in [0.2, 0.25) is 0 Å². The summed E-state index contributed by atoms with van der Waals surface area (Å²) in [6.45, 7) is 1.02. The van der Waals surface area contributed by atoms with Crippen LogP contribution in [0.15, 0.2) is 42.7 Å². The summed E-state index contributed by atoms with van der Waals surface area (Å²) in [7, 11) is 1.87. The molecular formula is C16H16Cl2N6S. The number of halogens is 2. The summed E-state index contributed by atoms with van der Waals surface area (Å²) >= 11 is 17.7. The number of hydrogen-bond donors (Lipinski definition) is 2. The third kappa shape index (κ3) is 4.72. The zero-order valence-corrected chi connectivity index (χ0v) is 15.7. The highest BCUT2D eigenvalue weighted by Gasteiger charge is 2.08. The maximum absolute atomic E-state index is 6.19. The number of aromatic nitrogens is 4. The van der Waals surface area contributed by atoms with Gasteiger partial charge in [0.25, 0.3) is 0 Å². The van der Waals surface area contributed by atoms with Crippen LogP contribution in [0.1, 0.15) is 11.3 Å². The molecule has 2 heterocycles. The molecule has 3 rings (SSSR count).